The summed E-state index contributed by atoms with van der Waals surface area (Å²) >= 11 is 0. The van der Waals surface area contributed by atoms with Crippen LogP contribution in [0.25, 0.3) is 21.9 Å². The molecule has 1 aliphatic carbocycles. The Morgan fingerprint density at radius 3 is 2.19 bits per heavy atom. The molecule has 1 saturated carbocycles. The predicted molar refractivity (Wildman–Crippen MR) is 118 cm³/mol. The second kappa shape index (κ2) is 8.13. The Kier molecular flexibility index (Phi) is 5.43. The highest BCUT2D eigenvalue weighted by molar-refractivity contribution is 5.87. The molecule has 138 valence electrons. The largest absolute Gasteiger partial charge is 0.103 e. The van der Waals surface area contributed by atoms with Gasteiger partial charge in [0.15, 0.2) is 0 Å². The van der Waals surface area contributed by atoms with Crippen LogP contribution < -0.4 is 0 Å². The molecule has 0 saturated heterocycles. The van der Waals surface area contributed by atoms with Crippen molar-refractivity contribution in [2.75, 3.05) is 0 Å². The zero-order valence-electron chi connectivity index (χ0n) is 16.5. The van der Waals surface area contributed by atoms with Crippen LogP contribution in [0.4, 0.5) is 0 Å². The monoisotopic (exact) mass is 354 g/mol. The summed E-state index contributed by atoms with van der Waals surface area (Å²) < 4.78 is 0. The summed E-state index contributed by atoms with van der Waals surface area (Å²) in [5.41, 5.74) is 5.57. The molecule has 1 aliphatic rings. The van der Waals surface area contributed by atoms with E-state index in [0.717, 1.165) is 18.3 Å². The quantitative estimate of drug-likeness (QED) is 0.408. The van der Waals surface area contributed by atoms with Crippen LogP contribution >= 0.6 is 0 Å². The van der Waals surface area contributed by atoms with Gasteiger partial charge in [-0.15, -0.1) is 6.58 Å². The van der Waals surface area contributed by atoms with Crippen molar-refractivity contribution in [3.8, 4) is 11.1 Å². The number of fused-ring (bicyclic) bond motifs is 1. The maximum absolute atomic E-state index is 3.96. The van der Waals surface area contributed by atoms with Gasteiger partial charge < -0.3 is 0 Å². The van der Waals surface area contributed by atoms with E-state index in [9.17, 15) is 0 Å². The van der Waals surface area contributed by atoms with Crippen molar-refractivity contribution < 1.29 is 0 Å². The summed E-state index contributed by atoms with van der Waals surface area (Å²) in [5, 5.41) is 2.68. The van der Waals surface area contributed by atoms with Crippen LogP contribution in [0.15, 0.2) is 73.3 Å². The Labute approximate surface area is 163 Å². The minimum Gasteiger partial charge on any atom is -0.103 e. The maximum atomic E-state index is 3.96. The molecule has 27 heavy (non-hydrogen) atoms. The lowest BCUT2D eigenvalue weighted by atomic mass is 9.78. The van der Waals surface area contributed by atoms with E-state index in [4.69, 9.17) is 0 Å². The lowest BCUT2D eigenvalue weighted by Crippen LogP contribution is -2.11. The van der Waals surface area contributed by atoms with Gasteiger partial charge in [-0.25, -0.2) is 0 Å². The van der Waals surface area contributed by atoms with Gasteiger partial charge in [-0.05, 0) is 83.0 Å². The summed E-state index contributed by atoms with van der Waals surface area (Å²) in [6.45, 7) is 6.20. The Morgan fingerprint density at radius 1 is 0.815 bits per heavy atom. The van der Waals surface area contributed by atoms with Gasteiger partial charge in [0.2, 0.25) is 0 Å². The Morgan fingerprint density at radius 2 is 1.48 bits per heavy atom. The first kappa shape index (κ1) is 18.0. The Bertz CT molecular complexity index is 908. The van der Waals surface area contributed by atoms with Crippen molar-refractivity contribution in [1.82, 2.24) is 0 Å². The van der Waals surface area contributed by atoms with Crippen LogP contribution in [0.2, 0.25) is 0 Å². The molecule has 0 unspecified atom stereocenters. The van der Waals surface area contributed by atoms with Gasteiger partial charge in [-0.2, -0.15) is 0 Å². The highest BCUT2D eigenvalue weighted by atomic mass is 14.2. The van der Waals surface area contributed by atoms with Gasteiger partial charge in [0.25, 0.3) is 0 Å². The molecule has 0 nitrogen and oxygen atoms in total. The fraction of sp³-hybridized carbons (Fsp3) is 0.333. The molecule has 0 heterocycles. The van der Waals surface area contributed by atoms with Gasteiger partial charge in [0, 0.05) is 0 Å². The molecule has 1 fully saturated rings. The minimum atomic E-state index is 0.726. The van der Waals surface area contributed by atoms with Crippen molar-refractivity contribution >= 4 is 10.8 Å². The average Bonchev–Trinajstić information content (AvgIpc) is 2.74. The second-order valence-electron chi connectivity index (χ2n) is 8.12. The topological polar surface area (TPSA) is 0 Å². The molecule has 3 aromatic carbocycles. The maximum Gasteiger partial charge on any atom is -0.0162 e. The summed E-state index contributed by atoms with van der Waals surface area (Å²) in [5.74, 6) is 1.46. The second-order valence-corrected chi connectivity index (χ2v) is 8.12. The van der Waals surface area contributed by atoms with Crippen molar-refractivity contribution in [3.05, 3.63) is 84.4 Å². The Balaban J connectivity index is 1.53. The first-order valence-corrected chi connectivity index (χ1v) is 10.5. The molecule has 4 rings (SSSR count). The van der Waals surface area contributed by atoms with E-state index < -0.39 is 0 Å². The van der Waals surface area contributed by atoms with Crippen LogP contribution in [-0.2, 0) is 6.42 Å². The molecular weight excluding hydrogens is 324 g/mol. The van der Waals surface area contributed by atoms with Crippen molar-refractivity contribution in [3.63, 3.8) is 0 Å². The first-order chi connectivity index (χ1) is 13.3. The van der Waals surface area contributed by atoms with Crippen molar-refractivity contribution in [2.45, 2.75) is 51.4 Å². The van der Waals surface area contributed by atoms with Crippen molar-refractivity contribution in [1.29, 1.82) is 0 Å². The highest BCUT2D eigenvalue weighted by Gasteiger charge is 2.20. The van der Waals surface area contributed by atoms with Crippen LogP contribution in [0.5, 0.6) is 0 Å². The summed E-state index contributed by atoms with van der Waals surface area (Å²) in [6, 6.07) is 23.1. The highest BCUT2D eigenvalue weighted by Crippen LogP contribution is 2.37. The Hall–Kier alpha value is -2.34. The number of aryl methyl sites for hydroxylation is 1. The van der Waals surface area contributed by atoms with E-state index in [0.29, 0.717) is 0 Å². The van der Waals surface area contributed by atoms with E-state index in [1.807, 2.05) is 0 Å². The average molecular weight is 355 g/mol. The molecule has 0 aromatic heterocycles. The molecule has 0 bridgehead atoms. The fourth-order valence-electron chi connectivity index (χ4n) is 4.55. The predicted octanol–water partition coefficient (Wildman–Crippen LogP) is 7.92. The van der Waals surface area contributed by atoms with Gasteiger partial charge in [0.1, 0.15) is 0 Å². The van der Waals surface area contributed by atoms with Crippen LogP contribution in [-0.4, -0.2) is 0 Å². The number of rotatable bonds is 5. The molecule has 0 radical (unpaired) electrons. The zero-order chi connectivity index (χ0) is 18.6. The van der Waals surface area contributed by atoms with E-state index in [1.54, 1.807) is 0 Å². The normalized spacial score (nSPS) is 19.9. The van der Waals surface area contributed by atoms with Gasteiger partial charge in [-0.1, -0.05) is 74.0 Å². The first-order valence-electron chi connectivity index (χ1n) is 10.5. The SMILES string of the molecule is C=CC1CCC(c2ccc(-c3ccc4cc(CCC)ccc4c3)cc2)CC1. The van der Waals surface area contributed by atoms with Gasteiger partial charge in [-0.3, -0.25) is 0 Å². The molecule has 3 aromatic rings. The molecule has 0 aliphatic heterocycles. The lowest BCUT2D eigenvalue weighted by Gasteiger charge is -2.27. The summed E-state index contributed by atoms with van der Waals surface area (Å²) in [7, 11) is 0. The fourth-order valence-corrected chi connectivity index (χ4v) is 4.55. The molecule has 0 heteroatoms. The van der Waals surface area contributed by atoms with E-state index in [-0.39, 0.29) is 0 Å². The van der Waals surface area contributed by atoms with Crippen LogP contribution in [0.1, 0.15) is 56.1 Å². The van der Waals surface area contributed by atoms with Crippen LogP contribution in [0.3, 0.4) is 0 Å². The molecule has 0 spiro atoms. The number of hydrogen-bond acceptors (Lipinski definition) is 0. The zero-order valence-corrected chi connectivity index (χ0v) is 16.5. The summed E-state index contributed by atoms with van der Waals surface area (Å²) in [6.07, 6.45) is 9.68. The lowest BCUT2D eigenvalue weighted by molar-refractivity contribution is 0.376. The standard InChI is InChI=1S/C27H30/c1-3-5-21-8-11-27-19-26(17-16-25(27)18-21)24-14-12-23(13-15-24)22-9-6-20(4-2)7-10-22/h4,8,11-20,22H,2-3,5-7,9-10H2,1H3. The third-order valence-corrected chi connectivity index (χ3v) is 6.26. The molecule has 0 N–H and O–H groups in total. The van der Waals surface area contributed by atoms with Gasteiger partial charge in [0.05, 0.1) is 0 Å². The van der Waals surface area contributed by atoms with E-state index in [1.165, 1.54) is 65.1 Å². The minimum absolute atomic E-state index is 0.726. The van der Waals surface area contributed by atoms with E-state index >= 15 is 0 Å². The van der Waals surface area contributed by atoms with Crippen molar-refractivity contribution in [2.24, 2.45) is 5.92 Å². The summed E-state index contributed by atoms with van der Waals surface area (Å²) in [4.78, 5) is 0. The molecule has 0 atom stereocenters. The number of benzene rings is 3. The molecule has 0 amide bonds. The third kappa shape index (κ3) is 4.00. The van der Waals surface area contributed by atoms with Crippen LogP contribution in [0, 0.1) is 5.92 Å². The number of allylic oxidation sites excluding steroid dienone is 1. The number of hydrogen-bond donors (Lipinski definition) is 0. The molecular formula is C27H30. The van der Waals surface area contributed by atoms with E-state index in [2.05, 4.69) is 80.2 Å². The third-order valence-electron chi connectivity index (χ3n) is 6.26. The smallest absolute Gasteiger partial charge is 0.0162 e. The van der Waals surface area contributed by atoms with Gasteiger partial charge >= 0.3 is 0 Å².